The van der Waals surface area contributed by atoms with Crippen LogP contribution in [0.2, 0.25) is 0 Å². The van der Waals surface area contributed by atoms with E-state index in [0.29, 0.717) is 10.8 Å². The summed E-state index contributed by atoms with van der Waals surface area (Å²) in [6.07, 6.45) is 1.62. The highest BCUT2D eigenvalue weighted by atomic mass is 16.2. The first-order chi connectivity index (χ1) is 10.5. The number of nitrogens with one attached hydrogen (secondary N) is 3. The average molecular weight is 302 g/mol. The number of carbonyl (C=O) groups is 2. The van der Waals surface area contributed by atoms with Crippen LogP contribution in [0.4, 0.5) is 0 Å². The molecule has 22 heavy (non-hydrogen) atoms. The van der Waals surface area contributed by atoms with Crippen LogP contribution in [-0.4, -0.2) is 22.0 Å². The van der Waals surface area contributed by atoms with E-state index >= 15 is 0 Å². The summed E-state index contributed by atoms with van der Waals surface area (Å²) in [5.74, 6) is -1.03. The number of carbonyl (C=O) groups excluding carboxylic acids is 2. The summed E-state index contributed by atoms with van der Waals surface area (Å²) in [6, 6.07) is 6.65. The lowest BCUT2D eigenvalue weighted by molar-refractivity contribution is -0.125. The van der Waals surface area contributed by atoms with E-state index in [2.05, 4.69) is 21.0 Å². The quantitative estimate of drug-likeness (QED) is 0.736. The van der Waals surface area contributed by atoms with E-state index in [-0.39, 0.29) is 23.1 Å². The molecule has 116 valence electrons. The lowest BCUT2D eigenvalue weighted by Crippen LogP contribution is -2.44. The van der Waals surface area contributed by atoms with Gasteiger partial charge in [0, 0.05) is 11.3 Å². The van der Waals surface area contributed by atoms with Gasteiger partial charge in [-0.2, -0.15) is 5.10 Å². The van der Waals surface area contributed by atoms with Crippen LogP contribution in [0.15, 0.2) is 29.1 Å². The lowest BCUT2D eigenvalue weighted by Gasteiger charge is -2.12. The van der Waals surface area contributed by atoms with E-state index in [9.17, 15) is 14.4 Å². The van der Waals surface area contributed by atoms with Gasteiger partial charge in [0.2, 0.25) is 5.91 Å². The standard InChI is InChI=1S/C15H18N4O3/c1-3-6-9(2)13(20)17-19-15(22)12-10-7-4-5-8-11(10)14(21)18-16-12/h4-5,7-9H,3,6H2,1-2H3,(H,17,20)(H,18,21)(H,19,22). The Morgan fingerprint density at radius 1 is 1.23 bits per heavy atom. The Hall–Kier alpha value is -2.70. The largest absolute Gasteiger partial charge is 0.290 e. The molecule has 0 radical (unpaired) electrons. The van der Waals surface area contributed by atoms with Crippen molar-refractivity contribution >= 4 is 22.6 Å². The summed E-state index contributed by atoms with van der Waals surface area (Å²) >= 11 is 0. The second kappa shape index (κ2) is 6.84. The zero-order valence-corrected chi connectivity index (χ0v) is 12.5. The molecule has 0 fully saturated rings. The smallest absolute Gasteiger partial charge is 0.273 e. The molecule has 1 atom stereocenters. The zero-order valence-electron chi connectivity index (χ0n) is 12.5. The zero-order chi connectivity index (χ0) is 16.1. The number of hydrogen-bond acceptors (Lipinski definition) is 4. The molecule has 2 rings (SSSR count). The third-order valence-electron chi connectivity index (χ3n) is 3.38. The van der Waals surface area contributed by atoms with E-state index in [1.165, 1.54) is 0 Å². The van der Waals surface area contributed by atoms with Crippen LogP contribution >= 0.6 is 0 Å². The van der Waals surface area contributed by atoms with Crippen LogP contribution in [0.5, 0.6) is 0 Å². The first-order valence-electron chi connectivity index (χ1n) is 7.12. The van der Waals surface area contributed by atoms with Crippen molar-refractivity contribution in [2.45, 2.75) is 26.7 Å². The molecule has 0 saturated carbocycles. The topological polar surface area (TPSA) is 104 Å². The van der Waals surface area contributed by atoms with Gasteiger partial charge in [0.25, 0.3) is 11.5 Å². The molecular weight excluding hydrogens is 284 g/mol. The molecule has 0 aliphatic carbocycles. The maximum Gasteiger partial charge on any atom is 0.290 e. The van der Waals surface area contributed by atoms with Gasteiger partial charge in [0.05, 0.1) is 5.39 Å². The van der Waals surface area contributed by atoms with E-state index in [0.717, 1.165) is 12.8 Å². The van der Waals surface area contributed by atoms with Crippen LogP contribution in [0.25, 0.3) is 10.8 Å². The van der Waals surface area contributed by atoms with Crippen LogP contribution in [-0.2, 0) is 4.79 Å². The summed E-state index contributed by atoms with van der Waals surface area (Å²) in [7, 11) is 0. The number of benzene rings is 1. The minimum absolute atomic E-state index is 0.0543. The summed E-state index contributed by atoms with van der Waals surface area (Å²) in [5.41, 5.74) is 4.39. The molecule has 0 aliphatic heterocycles. The highest BCUT2D eigenvalue weighted by molar-refractivity contribution is 6.05. The molecule has 7 heteroatoms. The second-order valence-corrected chi connectivity index (χ2v) is 5.08. The number of rotatable bonds is 4. The van der Waals surface area contributed by atoms with Crippen LogP contribution in [0.3, 0.4) is 0 Å². The van der Waals surface area contributed by atoms with Crippen LogP contribution in [0, 0.1) is 5.92 Å². The Balaban J connectivity index is 2.16. The average Bonchev–Trinajstić information content (AvgIpc) is 2.53. The highest BCUT2D eigenvalue weighted by Crippen LogP contribution is 2.11. The van der Waals surface area contributed by atoms with Crippen molar-refractivity contribution in [3.63, 3.8) is 0 Å². The van der Waals surface area contributed by atoms with Gasteiger partial charge >= 0.3 is 0 Å². The summed E-state index contributed by atoms with van der Waals surface area (Å²) in [4.78, 5) is 35.6. The summed E-state index contributed by atoms with van der Waals surface area (Å²) < 4.78 is 0. The van der Waals surface area contributed by atoms with Crippen molar-refractivity contribution in [2.24, 2.45) is 5.92 Å². The first-order valence-corrected chi connectivity index (χ1v) is 7.12. The minimum atomic E-state index is -0.579. The van der Waals surface area contributed by atoms with Crippen molar-refractivity contribution in [1.29, 1.82) is 0 Å². The van der Waals surface area contributed by atoms with Gasteiger partial charge in [-0.3, -0.25) is 25.2 Å². The van der Waals surface area contributed by atoms with Gasteiger partial charge in [-0.05, 0) is 12.5 Å². The van der Waals surface area contributed by atoms with Gasteiger partial charge in [0.15, 0.2) is 5.69 Å². The van der Waals surface area contributed by atoms with Gasteiger partial charge in [-0.25, -0.2) is 5.10 Å². The maximum absolute atomic E-state index is 12.1. The van der Waals surface area contributed by atoms with E-state index < -0.39 is 5.91 Å². The first kappa shape index (κ1) is 15.7. The predicted molar refractivity (Wildman–Crippen MR) is 82.0 cm³/mol. The number of hydrogen-bond donors (Lipinski definition) is 3. The molecule has 0 saturated heterocycles. The molecule has 7 nitrogen and oxygen atoms in total. The number of hydrazine groups is 1. The Bertz CT molecular complexity index is 754. The van der Waals surface area contributed by atoms with Crippen molar-refractivity contribution in [3.05, 3.63) is 40.3 Å². The number of nitrogens with zero attached hydrogens (tertiary/aromatic N) is 1. The van der Waals surface area contributed by atoms with Gasteiger partial charge in [-0.1, -0.05) is 38.5 Å². The summed E-state index contributed by atoms with van der Waals surface area (Å²) in [6.45, 7) is 3.78. The van der Waals surface area contributed by atoms with Crippen molar-refractivity contribution < 1.29 is 9.59 Å². The molecule has 0 spiro atoms. The molecule has 1 aromatic heterocycles. The molecular formula is C15H18N4O3. The van der Waals surface area contributed by atoms with Gasteiger partial charge in [0.1, 0.15) is 0 Å². The SMILES string of the molecule is CCCC(C)C(=O)NNC(=O)c1n[nH]c(=O)c2ccccc12. The minimum Gasteiger partial charge on any atom is -0.273 e. The van der Waals surface area contributed by atoms with Crippen LogP contribution in [0.1, 0.15) is 37.2 Å². The molecule has 1 heterocycles. The van der Waals surface area contributed by atoms with E-state index in [4.69, 9.17) is 0 Å². The molecule has 1 unspecified atom stereocenters. The summed E-state index contributed by atoms with van der Waals surface area (Å²) in [5, 5.41) is 6.84. The van der Waals surface area contributed by atoms with Crippen molar-refractivity contribution in [1.82, 2.24) is 21.0 Å². The predicted octanol–water partition coefficient (Wildman–Crippen LogP) is 1.12. The van der Waals surface area contributed by atoms with Crippen LogP contribution < -0.4 is 16.4 Å². The Kier molecular flexibility index (Phi) is 4.88. The van der Waals surface area contributed by atoms with Gasteiger partial charge < -0.3 is 0 Å². The fourth-order valence-electron chi connectivity index (χ4n) is 2.15. The lowest BCUT2D eigenvalue weighted by atomic mass is 10.1. The molecule has 1 aromatic carbocycles. The maximum atomic E-state index is 12.1. The van der Waals surface area contributed by atoms with Crippen molar-refractivity contribution in [3.8, 4) is 0 Å². The Labute approximate surface area is 127 Å². The fraction of sp³-hybridized carbons (Fsp3) is 0.333. The number of amides is 2. The Morgan fingerprint density at radius 3 is 2.59 bits per heavy atom. The number of fused-ring (bicyclic) bond motifs is 1. The van der Waals surface area contributed by atoms with Gasteiger partial charge in [-0.15, -0.1) is 0 Å². The van der Waals surface area contributed by atoms with E-state index in [1.54, 1.807) is 31.2 Å². The molecule has 2 amide bonds. The number of H-pyrrole nitrogens is 1. The number of aromatic amines is 1. The third-order valence-corrected chi connectivity index (χ3v) is 3.38. The molecule has 0 aliphatic rings. The monoisotopic (exact) mass is 302 g/mol. The third kappa shape index (κ3) is 3.30. The van der Waals surface area contributed by atoms with Crippen molar-refractivity contribution in [2.75, 3.05) is 0 Å². The number of aromatic nitrogens is 2. The highest BCUT2D eigenvalue weighted by Gasteiger charge is 2.16. The van der Waals surface area contributed by atoms with E-state index in [1.807, 2.05) is 6.92 Å². The Morgan fingerprint density at radius 2 is 1.91 bits per heavy atom. The normalized spacial score (nSPS) is 11.9. The fourth-order valence-corrected chi connectivity index (χ4v) is 2.15. The second-order valence-electron chi connectivity index (χ2n) is 5.08. The molecule has 0 bridgehead atoms. The molecule has 3 N–H and O–H groups in total. The molecule has 2 aromatic rings.